The molecule has 1 saturated carbocycles. The van der Waals surface area contributed by atoms with Gasteiger partial charge in [0.2, 0.25) is 5.91 Å². The molecule has 0 spiro atoms. The lowest BCUT2D eigenvalue weighted by atomic mass is 9.76. The van der Waals surface area contributed by atoms with Gasteiger partial charge in [-0.05, 0) is 61.2 Å². The van der Waals surface area contributed by atoms with Gasteiger partial charge < -0.3 is 21.1 Å². The molecule has 1 aliphatic carbocycles. The number of carbonyl (C=O) groups is 3. The zero-order chi connectivity index (χ0) is 26.8. The maximum Gasteiger partial charge on any atom is 0.490 e. The Labute approximate surface area is 213 Å². The molecular formula is C26H31F3N4O4. The van der Waals surface area contributed by atoms with Gasteiger partial charge in [0.05, 0.1) is 18.3 Å². The van der Waals surface area contributed by atoms with E-state index in [4.69, 9.17) is 9.90 Å². The number of hydrogen-bond donors (Lipinski definition) is 4. The number of aliphatic carboxylic acids is 1. The molecule has 1 saturated heterocycles. The van der Waals surface area contributed by atoms with Crippen molar-refractivity contribution in [2.45, 2.75) is 57.3 Å². The summed E-state index contributed by atoms with van der Waals surface area (Å²) in [6.07, 6.45) is 4.11. The number of pyridine rings is 1. The van der Waals surface area contributed by atoms with Crippen molar-refractivity contribution in [1.82, 2.24) is 15.6 Å². The van der Waals surface area contributed by atoms with E-state index in [0.717, 1.165) is 24.3 Å². The van der Waals surface area contributed by atoms with Gasteiger partial charge in [0.15, 0.2) is 0 Å². The molecule has 11 heteroatoms. The number of nitrogens with zero attached hydrogens (tertiary/aromatic N) is 1. The first kappa shape index (κ1) is 28.1. The monoisotopic (exact) mass is 520 g/mol. The number of hydrogen-bond acceptors (Lipinski definition) is 5. The molecule has 2 fully saturated rings. The largest absolute Gasteiger partial charge is 0.490 e. The molecule has 2 amide bonds. The fourth-order valence-corrected chi connectivity index (χ4v) is 4.78. The van der Waals surface area contributed by atoms with E-state index in [0.29, 0.717) is 23.9 Å². The molecule has 4 N–H and O–H groups in total. The number of amides is 2. The van der Waals surface area contributed by atoms with Crippen molar-refractivity contribution in [3.63, 3.8) is 0 Å². The lowest BCUT2D eigenvalue weighted by Crippen LogP contribution is -2.42. The summed E-state index contributed by atoms with van der Waals surface area (Å²) in [5, 5.41) is 16.4. The topological polar surface area (TPSA) is 120 Å². The highest BCUT2D eigenvalue weighted by atomic mass is 19.4. The van der Waals surface area contributed by atoms with Crippen LogP contribution in [-0.4, -0.2) is 46.6 Å². The summed E-state index contributed by atoms with van der Waals surface area (Å²) in [5.41, 5.74) is 2.09. The van der Waals surface area contributed by atoms with Crippen LogP contribution in [0.4, 0.5) is 18.9 Å². The first-order valence-electron chi connectivity index (χ1n) is 12.3. The Kier molecular flexibility index (Phi) is 10.0. The first-order valence-corrected chi connectivity index (χ1v) is 12.3. The predicted molar refractivity (Wildman–Crippen MR) is 131 cm³/mol. The number of halogens is 3. The van der Waals surface area contributed by atoms with Gasteiger partial charge in [-0.1, -0.05) is 38.2 Å². The Bertz CT molecular complexity index is 1040. The van der Waals surface area contributed by atoms with Crippen molar-refractivity contribution in [1.29, 1.82) is 0 Å². The molecule has 1 aromatic heterocycles. The molecule has 4 rings (SSSR count). The van der Waals surface area contributed by atoms with E-state index in [1.807, 2.05) is 18.2 Å². The molecule has 0 unspecified atom stereocenters. The number of rotatable bonds is 6. The maximum absolute atomic E-state index is 12.9. The third kappa shape index (κ3) is 8.56. The van der Waals surface area contributed by atoms with E-state index < -0.39 is 12.1 Å². The number of nitrogens with one attached hydrogen (secondary N) is 3. The summed E-state index contributed by atoms with van der Waals surface area (Å²) >= 11 is 0. The SMILES string of the molecule is O=C(NCc1ccccn1)c1ccc(NC(=O)[C@H]2NCC[C@H]2C2CCCCC2)cc1.O=C(O)C(F)(F)F. The molecule has 200 valence electrons. The van der Waals surface area contributed by atoms with Crippen LogP contribution in [0.3, 0.4) is 0 Å². The van der Waals surface area contributed by atoms with Crippen molar-refractivity contribution in [3.8, 4) is 0 Å². The molecule has 37 heavy (non-hydrogen) atoms. The van der Waals surface area contributed by atoms with Crippen LogP contribution >= 0.6 is 0 Å². The van der Waals surface area contributed by atoms with Crippen molar-refractivity contribution in [2.24, 2.45) is 11.8 Å². The molecule has 2 atom stereocenters. The summed E-state index contributed by atoms with van der Waals surface area (Å²) < 4.78 is 31.7. The molecule has 1 aliphatic heterocycles. The van der Waals surface area contributed by atoms with Gasteiger partial charge >= 0.3 is 12.1 Å². The smallest absolute Gasteiger partial charge is 0.475 e. The minimum absolute atomic E-state index is 0.0374. The van der Waals surface area contributed by atoms with Crippen molar-refractivity contribution in [2.75, 3.05) is 11.9 Å². The lowest BCUT2D eigenvalue weighted by Gasteiger charge is -2.30. The van der Waals surface area contributed by atoms with Crippen LogP contribution in [0.15, 0.2) is 48.7 Å². The van der Waals surface area contributed by atoms with Crippen LogP contribution in [0.2, 0.25) is 0 Å². The second-order valence-corrected chi connectivity index (χ2v) is 9.16. The van der Waals surface area contributed by atoms with E-state index in [1.54, 1.807) is 30.5 Å². The predicted octanol–water partition coefficient (Wildman–Crippen LogP) is 4.14. The molecule has 0 radical (unpaired) electrons. The zero-order valence-electron chi connectivity index (χ0n) is 20.3. The minimum atomic E-state index is -5.08. The molecular weight excluding hydrogens is 489 g/mol. The summed E-state index contributed by atoms with van der Waals surface area (Å²) in [7, 11) is 0. The summed E-state index contributed by atoms with van der Waals surface area (Å²) in [4.78, 5) is 38.3. The van der Waals surface area contributed by atoms with Crippen molar-refractivity contribution >= 4 is 23.5 Å². The van der Waals surface area contributed by atoms with Crippen LogP contribution in [0.5, 0.6) is 0 Å². The fourth-order valence-electron chi connectivity index (χ4n) is 4.78. The third-order valence-electron chi connectivity index (χ3n) is 6.62. The van der Waals surface area contributed by atoms with Gasteiger partial charge in [0, 0.05) is 17.4 Å². The highest BCUT2D eigenvalue weighted by Crippen LogP contribution is 2.36. The van der Waals surface area contributed by atoms with E-state index in [9.17, 15) is 22.8 Å². The number of carboxylic acid groups (broad SMARTS) is 1. The third-order valence-corrected chi connectivity index (χ3v) is 6.62. The average Bonchev–Trinajstić information content (AvgIpc) is 3.39. The van der Waals surface area contributed by atoms with Crippen molar-refractivity contribution < 1.29 is 32.7 Å². The Hall–Kier alpha value is -3.47. The van der Waals surface area contributed by atoms with Crippen LogP contribution in [0.25, 0.3) is 0 Å². The van der Waals surface area contributed by atoms with E-state index in [-0.39, 0.29) is 17.9 Å². The average molecular weight is 521 g/mol. The molecule has 0 bridgehead atoms. The number of alkyl halides is 3. The van der Waals surface area contributed by atoms with Gasteiger partial charge in [0.25, 0.3) is 5.91 Å². The molecule has 2 aliphatic rings. The van der Waals surface area contributed by atoms with E-state index in [1.165, 1.54) is 32.1 Å². The Morgan fingerprint density at radius 3 is 2.27 bits per heavy atom. The Morgan fingerprint density at radius 1 is 1.00 bits per heavy atom. The van der Waals surface area contributed by atoms with Crippen LogP contribution in [-0.2, 0) is 16.1 Å². The van der Waals surface area contributed by atoms with Crippen LogP contribution < -0.4 is 16.0 Å². The number of carboxylic acids is 1. The number of carbonyl (C=O) groups excluding carboxylic acids is 2. The van der Waals surface area contributed by atoms with Crippen molar-refractivity contribution in [3.05, 3.63) is 59.9 Å². The highest BCUT2D eigenvalue weighted by Gasteiger charge is 2.39. The number of benzene rings is 1. The van der Waals surface area contributed by atoms with Crippen LogP contribution in [0, 0.1) is 11.8 Å². The van der Waals surface area contributed by atoms with E-state index in [2.05, 4.69) is 20.9 Å². The van der Waals surface area contributed by atoms with Gasteiger partial charge in [0.1, 0.15) is 0 Å². The second kappa shape index (κ2) is 13.2. The van der Waals surface area contributed by atoms with Crippen LogP contribution in [0.1, 0.15) is 54.6 Å². The molecule has 1 aromatic carbocycles. The number of aromatic nitrogens is 1. The number of anilines is 1. The summed E-state index contributed by atoms with van der Waals surface area (Å²) in [5.74, 6) is -1.78. The highest BCUT2D eigenvalue weighted by molar-refractivity contribution is 5.97. The van der Waals surface area contributed by atoms with Gasteiger partial charge in [-0.3, -0.25) is 14.6 Å². The normalized spacial score (nSPS) is 19.9. The maximum atomic E-state index is 12.9. The Morgan fingerprint density at radius 2 is 1.68 bits per heavy atom. The standard InChI is InChI=1S/C24H30N4O2.C2HF3O2/c29-23(27-16-20-8-4-5-14-25-20)18-9-11-19(12-10-18)28-24(30)22-21(13-15-26-22)17-6-2-1-3-7-17;3-2(4,5)1(6)7/h4-5,8-12,14,17,21-22,26H,1-3,6-7,13,15-16H2,(H,27,29)(H,28,30);(H,6,7)/t21-,22-;/m0./s1. The minimum Gasteiger partial charge on any atom is -0.475 e. The van der Waals surface area contributed by atoms with E-state index >= 15 is 0 Å². The lowest BCUT2D eigenvalue weighted by molar-refractivity contribution is -0.192. The molecule has 8 nitrogen and oxygen atoms in total. The van der Waals surface area contributed by atoms with Gasteiger partial charge in [-0.25, -0.2) is 4.79 Å². The molecule has 2 heterocycles. The Balaban J connectivity index is 0.000000479. The first-order chi connectivity index (χ1) is 17.6. The second-order valence-electron chi connectivity index (χ2n) is 9.16. The quantitative estimate of drug-likeness (QED) is 0.455. The summed E-state index contributed by atoms with van der Waals surface area (Å²) in [6.45, 7) is 1.29. The zero-order valence-corrected chi connectivity index (χ0v) is 20.3. The van der Waals surface area contributed by atoms with Gasteiger partial charge in [-0.2, -0.15) is 13.2 Å². The molecule has 2 aromatic rings. The fraction of sp³-hybridized carbons (Fsp3) is 0.462. The van der Waals surface area contributed by atoms with Gasteiger partial charge in [-0.15, -0.1) is 0 Å². The summed E-state index contributed by atoms with van der Waals surface area (Å²) in [6, 6.07) is 12.6.